The molecule has 1 aliphatic heterocycles. The van der Waals surface area contributed by atoms with E-state index < -0.39 is 54.6 Å². The van der Waals surface area contributed by atoms with Gasteiger partial charge in [0.05, 0.1) is 18.7 Å². The Balaban J connectivity index is 3.30. The zero-order valence-electron chi connectivity index (χ0n) is 13.6. The molecular formula is C14H20N4O7. The van der Waals surface area contributed by atoms with Gasteiger partial charge in [-0.05, 0) is 25.5 Å². The molecular weight excluding hydrogens is 336 g/mol. The minimum atomic E-state index is -1.75. The average molecular weight is 356 g/mol. The number of aliphatic hydroxyl groups excluding tert-OH is 3. The van der Waals surface area contributed by atoms with Crippen molar-refractivity contribution in [2.45, 2.75) is 44.2 Å². The van der Waals surface area contributed by atoms with Crippen LogP contribution in [0.4, 0.5) is 0 Å². The molecule has 0 spiro atoms. The van der Waals surface area contributed by atoms with Crippen LogP contribution in [0.3, 0.4) is 0 Å². The van der Waals surface area contributed by atoms with Crippen LogP contribution < -0.4 is 5.32 Å². The van der Waals surface area contributed by atoms with E-state index in [2.05, 4.69) is 15.3 Å². The van der Waals surface area contributed by atoms with Crippen LogP contribution in [-0.4, -0.2) is 69.3 Å². The molecule has 0 aliphatic carbocycles. The molecule has 1 unspecified atom stereocenters. The van der Waals surface area contributed by atoms with Crippen LogP contribution in [0.25, 0.3) is 10.4 Å². The Labute approximate surface area is 142 Å². The molecule has 5 atom stereocenters. The average Bonchev–Trinajstić information content (AvgIpc) is 2.60. The summed E-state index contributed by atoms with van der Waals surface area (Å²) in [4.78, 5) is 25.9. The predicted molar refractivity (Wildman–Crippen MR) is 84.0 cm³/mol. The summed E-state index contributed by atoms with van der Waals surface area (Å²) in [5.41, 5.74) is 9.02. The topological polar surface area (TPSA) is 185 Å². The molecule has 25 heavy (non-hydrogen) atoms. The molecule has 0 fully saturated rings. The molecule has 0 bridgehead atoms. The Bertz CT molecular complexity index is 627. The Hall–Kier alpha value is -2.59. The Morgan fingerprint density at radius 1 is 1.52 bits per heavy atom. The number of carbonyl (C=O) groups is 2. The maximum Gasteiger partial charge on any atom is 0.370 e. The quantitative estimate of drug-likeness (QED) is 0.171. The van der Waals surface area contributed by atoms with E-state index in [0.717, 1.165) is 6.08 Å². The zero-order chi connectivity index (χ0) is 19.1. The number of aliphatic carboxylic acids is 1. The molecule has 0 saturated carbocycles. The van der Waals surface area contributed by atoms with E-state index >= 15 is 0 Å². The van der Waals surface area contributed by atoms with Crippen molar-refractivity contribution in [1.29, 1.82) is 0 Å². The fraction of sp³-hybridized carbons (Fsp3) is 0.571. The first-order valence-electron chi connectivity index (χ1n) is 7.33. The van der Waals surface area contributed by atoms with Crippen molar-refractivity contribution in [3.05, 3.63) is 33.9 Å². The monoisotopic (exact) mass is 356 g/mol. The van der Waals surface area contributed by atoms with Crippen molar-refractivity contribution in [2.24, 2.45) is 5.11 Å². The highest BCUT2D eigenvalue weighted by Crippen LogP contribution is 2.25. The lowest BCUT2D eigenvalue weighted by molar-refractivity contribution is -0.145. The number of rotatable bonds is 7. The number of hydrogen-bond donors (Lipinski definition) is 5. The first kappa shape index (κ1) is 20.5. The molecule has 1 amide bonds. The lowest BCUT2D eigenvalue weighted by atomic mass is 9.92. The summed E-state index contributed by atoms with van der Waals surface area (Å²) in [7, 11) is 0. The lowest BCUT2D eigenvalue weighted by Crippen LogP contribution is -2.59. The second-order valence-corrected chi connectivity index (χ2v) is 5.33. The summed E-state index contributed by atoms with van der Waals surface area (Å²) in [6, 6.07) is -2.36. The van der Waals surface area contributed by atoms with Crippen LogP contribution in [0.5, 0.6) is 0 Å². The number of allylic oxidation sites excluding steroid dienone is 1. The number of carboxylic acids is 1. The molecule has 11 heteroatoms. The van der Waals surface area contributed by atoms with Crippen LogP contribution in [0, 0.1) is 0 Å². The maximum atomic E-state index is 12.1. The highest BCUT2D eigenvalue weighted by atomic mass is 16.5. The number of nitrogens with zero attached hydrogens (tertiary/aromatic N) is 3. The molecule has 0 aromatic heterocycles. The largest absolute Gasteiger partial charge is 0.478 e. The fourth-order valence-electron chi connectivity index (χ4n) is 2.17. The van der Waals surface area contributed by atoms with E-state index in [1.54, 1.807) is 6.92 Å². The molecule has 1 heterocycles. The van der Waals surface area contributed by atoms with Crippen molar-refractivity contribution in [3.8, 4) is 0 Å². The Morgan fingerprint density at radius 3 is 2.64 bits per heavy atom. The van der Waals surface area contributed by atoms with Crippen LogP contribution in [-0.2, 0) is 14.3 Å². The Kier molecular flexibility index (Phi) is 7.40. The van der Waals surface area contributed by atoms with E-state index in [1.165, 1.54) is 13.0 Å². The molecule has 0 aromatic carbocycles. The number of carboxylic acid groups (broad SMARTS) is 1. The van der Waals surface area contributed by atoms with E-state index in [4.69, 9.17) is 20.5 Å². The number of carbonyl (C=O) groups excluding carboxylic acids is 1. The summed E-state index contributed by atoms with van der Waals surface area (Å²) in [5, 5.41) is 43.8. The van der Waals surface area contributed by atoms with Gasteiger partial charge in [-0.25, -0.2) is 4.79 Å². The third-order valence-corrected chi connectivity index (χ3v) is 3.71. The van der Waals surface area contributed by atoms with E-state index in [-0.39, 0.29) is 0 Å². The second-order valence-electron chi connectivity index (χ2n) is 5.33. The van der Waals surface area contributed by atoms with Gasteiger partial charge in [0.2, 0.25) is 11.7 Å². The minimum Gasteiger partial charge on any atom is -0.478 e. The van der Waals surface area contributed by atoms with Gasteiger partial charge in [-0.1, -0.05) is 11.2 Å². The third kappa shape index (κ3) is 4.94. The zero-order valence-corrected chi connectivity index (χ0v) is 13.6. The minimum absolute atomic E-state index is 0.323. The van der Waals surface area contributed by atoms with Crippen molar-refractivity contribution < 1.29 is 34.8 Å². The van der Waals surface area contributed by atoms with Crippen LogP contribution >= 0.6 is 0 Å². The number of amides is 1. The molecule has 11 nitrogen and oxygen atoms in total. The van der Waals surface area contributed by atoms with Crippen LogP contribution in [0.2, 0.25) is 0 Å². The summed E-state index contributed by atoms with van der Waals surface area (Å²) >= 11 is 0. The number of hydrogen-bond acceptors (Lipinski definition) is 7. The fourth-order valence-corrected chi connectivity index (χ4v) is 2.17. The molecule has 1 rings (SSSR count). The summed E-state index contributed by atoms with van der Waals surface area (Å²) < 4.78 is 5.16. The summed E-state index contributed by atoms with van der Waals surface area (Å²) in [5.74, 6) is -2.65. The van der Waals surface area contributed by atoms with Gasteiger partial charge in [-0.2, -0.15) is 0 Å². The first-order valence-corrected chi connectivity index (χ1v) is 7.33. The predicted octanol–water partition coefficient (Wildman–Crippen LogP) is -0.802. The Morgan fingerprint density at radius 2 is 2.16 bits per heavy atom. The van der Waals surface area contributed by atoms with Gasteiger partial charge in [0.1, 0.15) is 18.3 Å². The molecule has 5 N–H and O–H groups in total. The van der Waals surface area contributed by atoms with E-state index in [1.807, 2.05) is 0 Å². The van der Waals surface area contributed by atoms with Gasteiger partial charge in [0.25, 0.3) is 0 Å². The summed E-state index contributed by atoms with van der Waals surface area (Å²) in [6.07, 6.45) is -2.37. The molecule has 1 aliphatic rings. The van der Waals surface area contributed by atoms with E-state index in [9.17, 15) is 19.8 Å². The number of nitrogens with one attached hydrogen (secondary N) is 1. The highest BCUT2D eigenvalue weighted by Gasteiger charge is 2.43. The third-order valence-electron chi connectivity index (χ3n) is 3.71. The van der Waals surface area contributed by atoms with E-state index in [0.29, 0.717) is 5.57 Å². The lowest BCUT2D eigenvalue weighted by Gasteiger charge is -2.38. The van der Waals surface area contributed by atoms with Gasteiger partial charge in [-0.15, -0.1) is 0 Å². The van der Waals surface area contributed by atoms with Gasteiger partial charge in [-0.3, -0.25) is 4.79 Å². The van der Waals surface area contributed by atoms with Gasteiger partial charge in [0, 0.05) is 10.5 Å². The van der Waals surface area contributed by atoms with Gasteiger partial charge >= 0.3 is 5.97 Å². The first-order chi connectivity index (χ1) is 11.8. The van der Waals surface area contributed by atoms with Gasteiger partial charge < -0.3 is 30.5 Å². The SMILES string of the molecule is C/C=C(\C)C(=O)N[C@@H]1C(N=[N+]=[N-])C=C(C(=O)O)O[C@H]1[C@H](O)[C@H](O)CO. The van der Waals surface area contributed by atoms with Crippen molar-refractivity contribution in [3.63, 3.8) is 0 Å². The maximum absolute atomic E-state index is 12.1. The van der Waals surface area contributed by atoms with Gasteiger partial charge in [0.15, 0.2) is 0 Å². The standard InChI is InChI=1S/C14H20N4O7/c1-3-6(2)13(22)16-10-7(17-18-15)4-9(14(23)24)25-12(10)11(21)8(20)5-19/h3-4,7-8,10-12,19-21H,5H2,1-2H3,(H,16,22)(H,23,24)/b6-3+/t7?,8-,10-,11-,12-/m1/s1. The smallest absolute Gasteiger partial charge is 0.370 e. The van der Waals surface area contributed by atoms with Crippen molar-refractivity contribution in [1.82, 2.24) is 5.32 Å². The molecule has 0 aromatic rings. The molecule has 0 radical (unpaired) electrons. The summed E-state index contributed by atoms with van der Waals surface area (Å²) in [6.45, 7) is 2.32. The number of azide groups is 1. The highest BCUT2D eigenvalue weighted by molar-refractivity contribution is 5.93. The van der Waals surface area contributed by atoms with Crippen molar-refractivity contribution in [2.75, 3.05) is 6.61 Å². The van der Waals surface area contributed by atoms with Crippen molar-refractivity contribution >= 4 is 11.9 Å². The number of aliphatic hydroxyl groups is 3. The normalized spacial score (nSPS) is 25.7. The number of ether oxygens (including phenoxy) is 1. The molecule has 0 saturated heterocycles. The van der Waals surface area contributed by atoms with Crippen LogP contribution in [0.15, 0.2) is 28.6 Å². The molecule has 138 valence electrons. The van der Waals surface area contributed by atoms with Crippen LogP contribution in [0.1, 0.15) is 13.8 Å². The second kappa shape index (κ2) is 9.04.